The Morgan fingerprint density at radius 3 is 2.58 bits per heavy atom. The van der Waals surface area contributed by atoms with Crippen LogP contribution in [0.15, 0.2) is 6.07 Å². The van der Waals surface area contributed by atoms with Crippen LogP contribution in [-0.4, -0.2) is 103 Å². The van der Waals surface area contributed by atoms with E-state index in [1.54, 1.807) is 15.9 Å². The highest BCUT2D eigenvalue weighted by Gasteiger charge is 2.40. The Labute approximate surface area is 187 Å². The third-order valence-electron chi connectivity index (χ3n) is 5.78. The van der Waals surface area contributed by atoms with Crippen LogP contribution in [0.4, 0.5) is 10.6 Å². The number of hydrogen-bond donors (Lipinski definition) is 0. The summed E-state index contributed by atoms with van der Waals surface area (Å²) < 4.78 is 11.6. The first kappa shape index (κ1) is 22.0. The standard InChI is InChI=1S/C21H30ClN5O4/c1-21(2,3)31-20(29)26-9-10-27-14(12-26)13-30-15-11-16(22)23-18(17(15)19(27)28)25-7-5-24(4)6-8-25/h11,14H,5-10,12-13H2,1-4H3/t14-/m1/s1. The zero-order chi connectivity index (χ0) is 22.3. The minimum Gasteiger partial charge on any atom is -0.490 e. The Kier molecular flexibility index (Phi) is 5.91. The lowest BCUT2D eigenvalue weighted by Crippen LogP contribution is -2.58. The minimum absolute atomic E-state index is 0.126. The summed E-state index contributed by atoms with van der Waals surface area (Å²) in [4.78, 5) is 38.4. The second-order valence-corrected chi connectivity index (χ2v) is 9.71. The Balaban J connectivity index is 1.58. The van der Waals surface area contributed by atoms with Gasteiger partial charge < -0.3 is 29.1 Å². The number of ether oxygens (including phenoxy) is 2. The first-order valence-electron chi connectivity index (χ1n) is 10.7. The van der Waals surface area contributed by atoms with E-state index in [-0.39, 0.29) is 24.6 Å². The van der Waals surface area contributed by atoms with Gasteiger partial charge in [-0.3, -0.25) is 4.79 Å². The number of likely N-dealkylation sites (N-methyl/N-ethyl adjacent to an activating group) is 1. The van der Waals surface area contributed by atoms with Crippen molar-refractivity contribution in [3.05, 3.63) is 16.8 Å². The van der Waals surface area contributed by atoms with Crippen LogP contribution in [0.5, 0.6) is 5.75 Å². The molecule has 4 rings (SSSR count). The van der Waals surface area contributed by atoms with E-state index in [9.17, 15) is 9.59 Å². The molecule has 2 amide bonds. The lowest BCUT2D eigenvalue weighted by atomic mass is 10.1. The fraction of sp³-hybridized carbons (Fsp3) is 0.667. The number of carbonyl (C=O) groups is 2. The van der Waals surface area contributed by atoms with Crippen LogP contribution in [0, 0.1) is 0 Å². The molecule has 1 aromatic rings. The maximum Gasteiger partial charge on any atom is 0.410 e. The molecule has 0 saturated carbocycles. The second kappa shape index (κ2) is 8.35. The summed E-state index contributed by atoms with van der Waals surface area (Å²) in [6, 6.07) is 1.35. The van der Waals surface area contributed by atoms with Crippen LogP contribution in [-0.2, 0) is 4.74 Å². The van der Waals surface area contributed by atoms with Crippen LogP contribution in [0.3, 0.4) is 0 Å². The molecular formula is C21H30ClN5O4. The van der Waals surface area contributed by atoms with Gasteiger partial charge >= 0.3 is 6.09 Å². The molecule has 2 saturated heterocycles. The summed E-state index contributed by atoms with van der Waals surface area (Å²) in [5.74, 6) is 0.910. The van der Waals surface area contributed by atoms with E-state index in [1.807, 2.05) is 20.8 Å². The van der Waals surface area contributed by atoms with Gasteiger partial charge in [0.1, 0.15) is 34.5 Å². The Bertz CT molecular complexity index is 866. The van der Waals surface area contributed by atoms with Crippen molar-refractivity contribution in [3.8, 4) is 5.75 Å². The maximum absolute atomic E-state index is 13.6. The van der Waals surface area contributed by atoms with Crippen LogP contribution in [0.25, 0.3) is 0 Å². The first-order valence-corrected chi connectivity index (χ1v) is 11.1. The molecule has 2 fully saturated rings. The number of piperazine rings is 2. The van der Waals surface area contributed by atoms with Crippen molar-refractivity contribution in [2.75, 3.05) is 64.4 Å². The van der Waals surface area contributed by atoms with E-state index in [4.69, 9.17) is 21.1 Å². The lowest BCUT2D eigenvalue weighted by molar-refractivity contribution is 0.000953. The van der Waals surface area contributed by atoms with Crippen LogP contribution in [0.2, 0.25) is 5.15 Å². The van der Waals surface area contributed by atoms with Crippen molar-refractivity contribution in [1.29, 1.82) is 0 Å². The molecule has 0 aliphatic carbocycles. The van der Waals surface area contributed by atoms with Gasteiger partial charge in [-0.15, -0.1) is 0 Å². The Morgan fingerprint density at radius 1 is 1.19 bits per heavy atom. The highest BCUT2D eigenvalue weighted by Crippen LogP contribution is 2.35. The topological polar surface area (TPSA) is 78.5 Å². The van der Waals surface area contributed by atoms with Gasteiger partial charge in [-0.25, -0.2) is 9.78 Å². The van der Waals surface area contributed by atoms with Gasteiger partial charge in [0, 0.05) is 51.9 Å². The first-order chi connectivity index (χ1) is 14.6. The largest absolute Gasteiger partial charge is 0.490 e. The highest BCUT2D eigenvalue weighted by atomic mass is 35.5. The molecule has 1 atom stereocenters. The van der Waals surface area contributed by atoms with Crippen LogP contribution < -0.4 is 9.64 Å². The van der Waals surface area contributed by atoms with Crippen LogP contribution >= 0.6 is 11.6 Å². The summed E-state index contributed by atoms with van der Waals surface area (Å²) in [5.41, 5.74) is -0.109. The smallest absolute Gasteiger partial charge is 0.410 e. The molecular weight excluding hydrogens is 422 g/mol. The van der Waals surface area contributed by atoms with E-state index in [0.29, 0.717) is 41.9 Å². The van der Waals surface area contributed by atoms with Crippen LogP contribution in [0.1, 0.15) is 31.1 Å². The highest BCUT2D eigenvalue weighted by molar-refractivity contribution is 6.30. The molecule has 3 aliphatic heterocycles. The maximum atomic E-state index is 13.6. The Hall–Kier alpha value is -2.26. The number of pyridine rings is 1. The summed E-state index contributed by atoms with van der Waals surface area (Å²) in [6.07, 6.45) is -0.371. The van der Waals surface area contributed by atoms with Crippen molar-refractivity contribution in [2.24, 2.45) is 0 Å². The Morgan fingerprint density at radius 2 is 1.90 bits per heavy atom. The third-order valence-corrected chi connectivity index (χ3v) is 5.97. The number of fused-ring (bicyclic) bond motifs is 2. The van der Waals surface area contributed by atoms with E-state index in [0.717, 1.165) is 26.2 Å². The summed E-state index contributed by atoms with van der Waals surface area (Å²) in [7, 11) is 2.08. The van der Waals surface area contributed by atoms with Crippen molar-refractivity contribution in [2.45, 2.75) is 32.4 Å². The molecule has 0 N–H and O–H groups in total. The van der Waals surface area contributed by atoms with Gasteiger partial charge in [-0.2, -0.15) is 0 Å². The fourth-order valence-electron chi connectivity index (χ4n) is 4.13. The van der Waals surface area contributed by atoms with Gasteiger partial charge in [-0.1, -0.05) is 11.6 Å². The molecule has 3 aliphatic rings. The monoisotopic (exact) mass is 451 g/mol. The quantitative estimate of drug-likeness (QED) is 0.604. The predicted molar refractivity (Wildman–Crippen MR) is 117 cm³/mol. The fourth-order valence-corrected chi connectivity index (χ4v) is 4.31. The van der Waals surface area contributed by atoms with Gasteiger partial charge in [0.2, 0.25) is 0 Å². The third kappa shape index (κ3) is 4.67. The molecule has 9 nitrogen and oxygen atoms in total. The number of rotatable bonds is 1. The lowest BCUT2D eigenvalue weighted by Gasteiger charge is -2.40. The minimum atomic E-state index is -0.569. The molecule has 170 valence electrons. The van der Waals surface area contributed by atoms with E-state index >= 15 is 0 Å². The number of aromatic nitrogens is 1. The van der Waals surface area contributed by atoms with E-state index in [1.165, 1.54) is 0 Å². The number of halogens is 1. The number of carbonyl (C=O) groups excluding carboxylic acids is 2. The molecule has 31 heavy (non-hydrogen) atoms. The van der Waals surface area contributed by atoms with Crippen molar-refractivity contribution in [3.63, 3.8) is 0 Å². The second-order valence-electron chi connectivity index (χ2n) is 9.32. The zero-order valence-corrected chi connectivity index (χ0v) is 19.3. The van der Waals surface area contributed by atoms with Gasteiger partial charge in [-0.05, 0) is 27.8 Å². The van der Waals surface area contributed by atoms with E-state index in [2.05, 4.69) is 21.8 Å². The average Bonchev–Trinajstić information content (AvgIpc) is 2.83. The van der Waals surface area contributed by atoms with E-state index < -0.39 is 5.60 Å². The zero-order valence-electron chi connectivity index (χ0n) is 18.6. The molecule has 0 aromatic carbocycles. The number of anilines is 1. The molecule has 0 radical (unpaired) electrons. The van der Waals surface area contributed by atoms with Crippen molar-refractivity contribution < 1.29 is 19.1 Å². The molecule has 10 heteroatoms. The number of nitrogens with zero attached hydrogens (tertiary/aromatic N) is 5. The molecule has 0 bridgehead atoms. The van der Waals surface area contributed by atoms with Crippen molar-refractivity contribution >= 4 is 29.4 Å². The SMILES string of the molecule is CN1CCN(c2nc(Cl)cc3c2C(=O)N2CCN(C(=O)OC(C)(C)C)C[C@@H]2CO3)CC1. The molecule has 0 unspecified atom stereocenters. The predicted octanol–water partition coefficient (Wildman–Crippen LogP) is 1.94. The average molecular weight is 452 g/mol. The van der Waals surface area contributed by atoms with Crippen molar-refractivity contribution in [1.82, 2.24) is 19.7 Å². The summed E-state index contributed by atoms with van der Waals surface area (Å²) >= 11 is 6.29. The molecule has 1 aromatic heterocycles. The van der Waals surface area contributed by atoms with Gasteiger partial charge in [0.25, 0.3) is 5.91 Å². The molecule has 0 spiro atoms. The number of amides is 2. The summed E-state index contributed by atoms with van der Waals surface area (Å²) in [6.45, 7) is 10.3. The molecule has 4 heterocycles. The van der Waals surface area contributed by atoms with Gasteiger partial charge in [0.05, 0.1) is 6.04 Å². The number of hydrogen-bond acceptors (Lipinski definition) is 7. The normalized spacial score (nSPS) is 22.4. The summed E-state index contributed by atoms with van der Waals surface area (Å²) in [5, 5.41) is 0.302. The van der Waals surface area contributed by atoms with Gasteiger partial charge in [0.15, 0.2) is 0 Å².